The summed E-state index contributed by atoms with van der Waals surface area (Å²) in [6, 6.07) is 0.216. The Bertz CT molecular complexity index is 313. The molecule has 0 saturated carbocycles. The lowest BCUT2D eigenvalue weighted by Gasteiger charge is -2.29. The van der Waals surface area contributed by atoms with E-state index in [-0.39, 0.29) is 6.04 Å². The number of ether oxygens (including phenoxy) is 1. The van der Waals surface area contributed by atoms with Gasteiger partial charge in [0.05, 0.1) is 24.7 Å². The molecule has 0 fully saturated rings. The van der Waals surface area contributed by atoms with E-state index < -0.39 is 0 Å². The highest BCUT2D eigenvalue weighted by atomic mass is 16.5. The normalized spacial score (nSPS) is 13.2. The lowest BCUT2D eigenvalue weighted by atomic mass is 10.2. The quantitative estimate of drug-likeness (QED) is 0.682. The molecule has 0 aliphatic heterocycles. The lowest BCUT2D eigenvalue weighted by molar-refractivity contribution is 0.0965. The summed E-state index contributed by atoms with van der Waals surface area (Å²) in [5.74, 6) is 0. The first-order valence-electron chi connectivity index (χ1n) is 6.22. The van der Waals surface area contributed by atoms with Gasteiger partial charge in [0.25, 0.3) is 0 Å². The van der Waals surface area contributed by atoms with Crippen molar-refractivity contribution in [2.45, 2.75) is 19.9 Å². The second-order valence-corrected chi connectivity index (χ2v) is 4.01. The number of nitrogens with two attached hydrogens (primary N) is 1. The van der Waals surface area contributed by atoms with Crippen molar-refractivity contribution in [2.24, 2.45) is 12.8 Å². The van der Waals surface area contributed by atoms with Crippen LogP contribution in [0, 0.1) is 0 Å². The van der Waals surface area contributed by atoms with Crippen LogP contribution >= 0.6 is 0 Å². The van der Waals surface area contributed by atoms with Crippen molar-refractivity contribution >= 4 is 0 Å². The summed E-state index contributed by atoms with van der Waals surface area (Å²) >= 11 is 0. The second kappa shape index (κ2) is 7.42. The molecule has 2 N–H and O–H groups in total. The van der Waals surface area contributed by atoms with Crippen molar-refractivity contribution in [3.8, 4) is 0 Å². The Balaban J connectivity index is 2.66. The summed E-state index contributed by atoms with van der Waals surface area (Å²) in [5.41, 5.74) is 7.05. The van der Waals surface area contributed by atoms with Gasteiger partial charge >= 0.3 is 0 Å². The topological polar surface area (TPSA) is 56.3 Å². The van der Waals surface area contributed by atoms with Gasteiger partial charge in [-0.05, 0) is 13.5 Å². The summed E-state index contributed by atoms with van der Waals surface area (Å²) in [6.45, 7) is 8.12. The van der Waals surface area contributed by atoms with Crippen LogP contribution in [0.3, 0.4) is 0 Å². The maximum atomic E-state index is 5.89. The number of hydrogen-bond acceptors (Lipinski definition) is 4. The number of imidazole rings is 1. The molecule has 1 unspecified atom stereocenters. The minimum atomic E-state index is 0.216. The fourth-order valence-corrected chi connectivity index (χ4v) is 2.01. The molecule has 98 valence electrons. The van der Waals surface area contributed by atoms with Crippen LogP contribution in [0.4, 0.5) is 0 Å². The van der Waals surface area contributed by atoms with Gasteiger partial charge in [0, 0.05) is 32.9 Å². The molecule has 0 bridgehead atoms. The molecule has 1 aromatic heterocycles. The maximum absolute atomic E-state index is 5.89. The van der Waals surface area contributed by atoms with Crippen molar-refractivity contribution in [3.63, 3.8) is 0 Å². The van der Waals surface area contributed by atoms with E-state index in [0.29, 0.717) is 6.54 Å². The molecule has 1 heterocycles. The first kappa shape index (κ1) is 14.2. The van der Waals surface area contributed by atoms with E-state index in [1.165, 1.54) is 0 Å². The molecule has 0 amide bonds. The van der Waals surface area contributed by atoms with E-state index in [0.717, 1.165) is 32.0 Å². The fraction of sp³-hybridized carbons (Fsp3) is 0.750. The molecule has 0 aromatic carbocycles. The highest BCUT2D eigenvalue weighted by molar-refractivity contribution is 5.05. The van der Waals surface area contributed by atoms with Crippen LogP contribution in [-0.4, -0.2) is 47.3 Å². The average Bonchev–Trinajstić information content (AvgIpc) is 2.75. The third-order valence-electron chi connectivity index (χ3n) is 2.99. The molecule has 0 spiro atoms. The van der Waals surface area contributed by atoms with E-state index in [1.807, 2.05) is 31.1 Å². The van der Waals surface area contributed by atoms with Gasteiger partial charge in [0.2, 0.25) is 0 Å². The van der Waals surface area contributed by atoms with Gasteiger partial charge in [0.1, 0.15) is 0 Å². The van der Waals surface area contributed by atoms with Crippen molar-refractivity contribution in [1.82, 2.24) is 14.5 Å². The summed E-state index contributed by atoms with van der Waals surface area (Å²) in [4.78, 5) is 6.48. The van der Waals surface area contributed by atoms with Crippen molar-refractivity contribution < 1.29 is 4.74 Å². The zero-order chi connectivity index (χ0) is 12.7. The largest absolute Gasteiger partial charge is 0.380 e. The fourth-order valence-electron chi connectivity index (χ4n) is 2.01. The summed E-state index contributed by atoms with van der Waals surface area (Å²) in [6.07, 6.45) is 3.70. The third-order valence-corrected chi connectivity index (χ3v) is 2.99. The highest BCUT2D eigenvalue weighted by Gasteiger charge is 2.19. The third kappa shape index (κ3) is 3.80. The molecule has 0 saturated heterocycles. The van der Waals surface area contributed by atoms with E-state index in [4.69, 9.17) is 10.5 Å². The molecule has 5 nitrogen and oxygen atoms in total. The SMILES string of the molecule is CCOCCN(CC)C(CN)c1cncn1C. The molecule has 1 aromatic rings. The number of aromatic nitrogens is 2. The summed E-state index contributed by atoms with van der Waals surface area (Å²) in [7, 11) is 2.00. The van der Waals surface area contributed by atoms with Gasteiger partial charge < -0.3 is 15.0 Å². The Morgan fingerprint density at radius 3 is 2.76 bits per heavy atom. The van der Waals surface area contributed by atoms with Crippen LogP contribution in [0.5, 0.6) is 0 Å². The van der Waals surface area contributed by atoms with Crippen LogP contribution in [-0.2, 0) is 11.8 Å². The molecular weight excluding hydrogens is 216 g/mol. The minimum Gasteiger partial charge on any atom is -0.380 e. The number of likely N-dealkylation sites (N-methyl/N-ethyl adjacent to an activating group) is 1. The molecule has 1 atom stereocenters. The molecule has 5 heteroatoms. The van der Waals surface area contributed by atoms with E-state index in [1.54, 1.807) is 0 Å². The molecule has 1 rings (SSSR count). The highest BCUT2D eigenvalue weighted by Crippen LogP contribution is 2.18. The maximum Gasteiger partial charge on any atom is 0.0946 e. The van der Waals surface area contributed by atoms with Gasteiger partial charge in [-0.2, -0.15) is 0 Å². The van der Waals surface area contributed by atoms with Crippen LogP contribution in [0.1, 0.15) is 25.6 Å². The Morgan fingerprint density at radius 1 is 1.53 bits per heavy atom. The number of hydrogen-bond donors (Lipinski definition) is 1. The van der Waals surface area contributed by atoms with Gasteiger partial charge in [-0.25, -0.2) is 4.98 Å². The predicted octanol–water partition coefficient (Wildman–Crippen LogP) is 0.778. The first-order valence-corrected chi connectivity index (χ1v) is 6.22. The number of nitrogens with zero attached hydrogens (tertiary/aromatic N) is 3. The molecule has 17 heavy (non-hydrogen) atoms. The Hall–Kier alpha value is -0.910. The van der Waals surface area contributed by atoms with Crippen LogP contribution in [0.2, 0.25) is 0 Å². The molecule has 0 aliphatic carbocycles. The molecular formula is C12H24N4O. The van der Waals surface area contributed by atoms with E-state index in [2.05, 4.69) is 16.8 Å². The van der Waals surface area contributed by atoms with E-state index >= 15 is 0 Å². The van der Waals surface area contributed by atoms with Crippen molar-refractivity contribution in [3.05, 3.63) is 18.2 Å². The zero-order valence-electron chi connectivity index (χ0n) is 11.1. The van der Waals surface area contributed by atoms with Gasteiger partial charge in [-0.1, -0.05) is 6.92 Å². The zero-order valence-corrected chi connectivity index (χ0v) is 11.1. The van der Waals surface area contributed by atoms with Crippen LogP contribution in [0.15, 0.2) is 12.5 Å². The van der Waals surface area contributed by atoms with Crippen LogP contribution < -0.4 is 5.73 Å². The second-order valence-electron chi connectivity index (χ2n) is 4.01. The van der Waals surface area contributed by atoms with Crippen LogP contribution in [0.25, 0.3) is 0 Å². The van der Waals surface area contributed by atoms with Gasteiger partial charge in [0.15, 0.2) is 0 Å². The van der Waals surface area contributed by atoms with E-state index in [9.17, 15) is 0 Å². The lowest BCUT2D eigenvalue weighted by Crippen LogP contribution is -2.37. The molecule has 0 aliphatic rings. The van der Waals surface area contributed by atoms with Gasteiger partial charge in [-0.15, -0.1) is 0 Å². The number of aryl methyl sites for hydroxylation is 1. The smallest absolute Gasteiger partial charge is 0.0946 e. The first-order chi connectivity index (χ1) is 8.24. The Labute approximate surface area is 104 Å². The Morgan fingerprint density at radius 2 is 2.29 bits per heavy atom. The minimum absolute atomic E-state index is 0.216. The van der Waals surface area contributed by atoms with Crippen molar-refractivity contribution in [2.75, 3.05) is 32.8 Å². The predicted molar refractivity (Wildman–Crippen MR) is 68.7 cm³/mol. The van der Waals surface area contributed by atoms with Gasteiger partial charge in [-0.3, -0.25) is 4.90 Å². The monoisotopic (exact) mass is 240 g/mol. The number of rotatable bonds is 8. The Kier molecular flexibility index (Phi) is 6.18. The van der Waals surface area contributed by atoms with Crippen molar-refractivity contribution in [1.29, 1.82) is 0 Å². The molecule has 0 radical (unpaired) electrons. The average molecular weight is 240 g/mol. The summed E-state index contributed by atoms with van der Waals surface area (Å²) in [5, 5.41) is 0. The standard InChI is InChI=1S/C12H24N4O/c1-4-16(6-7-17-5-2)11(8-13)12-9-14-10-15(12)3/h9-11H,4-8,13H2,1-3H3. The summed E-state index contributed by atoms with van der Waals surface area (Å²) < 4.78 is 7.43.